The van der Waals surface area contributed by atoms with E-state index in [1.54, 1.807) is 12.1 Å². The zero-order valence-corrected chi connectivity index (χ0v) is 11.6. The van der Waals surface area contributed by atoms with Crippen molar-refractivity contribution in [2.45, 2.75) is 19.3 Å². The monoisotopic (exact) mass is 288 g/mol. The first kappa shape index (κ1) is 14.9. The van der Waals surface area contributed by atoms with Crippen LogP contribution in [-0.2, 0) is 9.59 Å². The van der Waals surface area contributed by atoms with E-state index in [2.05, 4.69) is 5.32 Å². The fraction of sp³-hybridized carbons (Fsp3) is 0.400. The molecule has 0 saturated heterocycles. The Morgan fingerprint density at radius 2 is 2.10 bits per heavy atom. The summed E-state index contributed by atoms with van der Waals surface area (Å²) in [6.07, 6.45) is 1.83. The number of nitriles is 1. The molecule has 0 bridgehead atoms. The molecule has 0 aromatic heterocycles. The maximum Gasteiger partial charge on any atom is 0.307 e. The number of rotatable bonds is 4. The average Bonchev–Trinajstić information content (AvgIpc) is 2.97. The normalized spacial score (nSPS) is 20.6. The molecule has 0 aliphatic heterocycles. The SMILES string of the molecule is COc1cc(C#N)ccc1NC(=O)C1CCCC1C(=O)O. The molecule has 1 aromatic rings. The fourth-order valence-corrected chi connectivity index (χ4v) is 2.66. The maximum atomic E-state index is 12.3. The van der Waals surface area contributed by atoms with E-state index in [-0.39, 0.29) is 5.91 Å². The molecular weight excluding hydrogens is 272 g/mol. The summed E-state index contributed by atoms with van der Waals surface area (Å²) >= 11 is 0. The summed E-state index contributed by atoms with van der Waals surface area (Å²) in [7, 11) is 1.45. The molecule has 0 heterocycles. The third-order valence-electron chi connectivity index (χ3n) is 3.76. The Morgan fingerprint density at radius 1 is 1.38 bits per heavy atom. The van der Waals surface area contributed by atoms with Gasteiger partial charge in [0.05, 0.1) is 36.3 Å². The number of amides is 1. The van der Waals surface area contributed by atoms with Crippen molar-refractivity contribution in [1.29, 1.82) is 5.26 Å². The summed E-state index contributed by atoms with van der Waals surface area (Å²) in [5, 5.41) is 20.7. The van der Waals surface area contributed by atoms with Gasteiger partial charge in [0.2, 0.25) is 5.91 Å². The van der Waals surface area contributed by atoms with Gasteiger partial charge in [-0.15, -0.1) is 0 Å². The van der Waals surface area contributed by atoms with Crippen LogP contribution in [0.1, 0.15) is 24.8 Å². The number of carbonyl (C=O) groups excluding carboxylic acids is 1. The summed E-state index contributed by atoms with van der Waals surface area (Å²) in [5.74, 6) is -2.02. The van der Waals surface area contributed by atoms with E-state index < -0.39 is 17.8 Å². The van der Waals surface area contributed by atoms with E-state index in [9.17, 15) is 9.59 Å². The van der Waals surface area contributed by atoms with Crippen LogP contribution < -0.4 is 10.1 Å². The van der Waals surface area contributed by atoms with Crippen molar-refractivity contribution in [3.05, 3.63) is 23.8 Å². The van der Waals surface area contributed by atoms with Gasteiger partial charge in [-0.3, -0.25) is 9.59 Å². The summed E-state index contributed by atoms with van der Waals surface area (Å²) in [6.45, 7) is 0. The van der Waals surface area contributed by atoms with Crippen LogP contribution in [0.15, 0.2) is 18.2 Å². The Balaban J connectivity index is 2.16. The smallest absolute Gasteiger partial charge is 0.307 e. The molecule has 1 aliphatic rings. The molecule has 1 saturated carbocycles. The van der Waals surface area contributed by atoms with Crippen LogP contribution in [-0.4, -0.2) is 24.1 Å². The number of carboxylic acid groups (broad SMARTS) is 1. The molecule has 2 N–H and O–H groups in total. The van der Waals surface area contributed by atoms with Crippen LogP contribution in [0.4, 0.5) is 5.69 Å². The molecule has 6 nitrogen and oxygen atoms in total. The van der Waals surface area contributed by atoms with E-state index in [0.29, 0.717) is 29.8 Å². The predicted molar refractivity (Wildman–Crippen MR) is 74.8 cm³/mol. The van der Waals surface area contributed by atoms with Crippen molar-refractivity contribution in [2.75, 3.05) is 12.4 Å². The predicted octanol–water partition coefficient (Wildman–Crippen LogP) is 2.01. The van der Waals surface area contributed by atoms with Gasteiger partial charge < -0.3 is 15.2 Å². The number of nitrogens with zero attached hydrogens (tertiary/aromatic N) is 1. The Kier molecular flexibility index (Phi) is 4.43. The topological polar surface area (TPSA) is 99.4 Å². The third kappa shape index (κ3) is 3.14. The second-order valence-corrected chi connectivity index (χ2v) is 5.00. The summed E-state index contributed by atoms with van der Waals surface area (Å²) in [4.78, 5) is 23.4. The van der Waals surface area contributed by atoms with Gasteiger partial charge in [-0.05, 0) is 25.0 Å². The van der Waals surface area contributed by atoms with E-state index in [1.165, 1.54) is 13.2 Å². The lowest BCUT2D eigenvalue weighted by atomic mass is 9.95. The first-order valence-corrected chi connectivity index (χ1v) is 6.68. The number of hydrogen-bond donors (Lipinski definition) is 2. The molecule has 0 radical (unpaired) electrons. The van der Waals surface area contributed by atoms with Crippen LogP contribution in [0.5, 0.6) is 5.75 Å². The van der Waals surface area contributed by atoms with Crippen molar-refractivity contribution in [3.8, 4) is 11.8 Å². The van der Waals surface area contributed by atoms with Crippen LogP contribution >= 0.6 is 0 Å². The summed E-state index contributed by atoms with van der Waals surface area (Å²) in [5.41, 5.74) is 0.867. The lowest BCUT2D eigenvalue weighted by molar-refractivity contribution is -0.145. The Morgan fingerprint density at radius 3 is 2.71 bits per heavy atom. The molecular formula is C15H16N2O4. The number of nitrogens with one attached hydrogen (secondary N) is 1. The highest BCUT2D eigenvalue weighted by Crippen LogP contribution is 2.34. The molecule has 21 heavy (non-hydrogen) atoms. The number of methoxy groups -OCH3 is 1. The fourth-order valence-electron chi connectivity index (χ4n) is 2.66. The summed E-state index contributed by atoms with van der Waals surface area (Å²) < 4.78 is 5.14. The molecule has 1 aliphatic carbocycles. The quantitative estimate of drug-likeness (QED) is 0.882. The Bertz CT molecular complexity index is 606. The van der Waals surface area contributed by atoms with Crippen molar-refractivity contribution < 1.29 is 19.4 Å². The number of carboxylic acids is 1. The van der Waals surface area contributed by atoms with Gasteiger partial charge in [-0.1, -0.05) is 6.42 Å². The van der Waals surface area contributed by atoms with E-state index in [0.717, 1.165) is 6.42 Å². The van der Waals surface area contributed by atoms with Gasteiger partial charge in [-0.25, -0.2) is 0 Å². The minimum absolute atomic E-state index is 0.317. The van der Waals surface area contributed by atoms with Crippen molar-refractivity contribution in [2.24, 2.45) is 11.8 Å². The molecule has 0 spiro atoms. The van der Waals surface area contributed by atoms with Gasteiger partial charge in [0.15, 0.2) is 0 Å². The van der Waals surface area contributed by atoms with Crippen LogP contribution in [0, 0.1) is 23.2 Å². The Hall–Kier alpha value is -2.55. The second kappa shape index (κ2) is 6.27. The Labute approximate surface area is 122 Å². The number of aliphatic carboxylic acids is 1. The van der Waals surface area contributed by atoms with Crippen LogP contribution in [0.2, 0.25) is 0 Å². The van der Waals surface area contributed by atoms with E-state index in [4.69, 9.17) is 15.1 Å². The average molecular weight is 288 g/mol. The number of benzene rings is 1. The molecule has 2 atom stereocenters. The number of hydrogen-bond acceptors (Lipinski definition) is 4. The van der Waals surface area contributed by atoms with Crippen LogP contribution in [0.3, 0.4) is 0 Å². The van der Waals surface area contributed by atoms with Crippen molar-refractivity contribution >= 4 is 17.6 Å². The molecule has 2 rings (SSSR count). The highest BCUT2D eigenvalue weighted by atomic mass is 16.5. The van der Waals surface area contributed by atoms with E-state index >= 15 is 0 Å². The van der Waals surface area contributed by atoms with Gasteiger partial charge in [0, 0.05) is 6.07 Å². The number of ether oxygens (including phenoxy) is 1. The molecule has 1 amide bonds. The first-order valence-electron chi connectivity index (χ1n) is 6.68. The maximum absolute atomic E-state index is 12.3. The molecule has 2 unspecified atom stereocenters. The lowest BCUT2D eigenvalue weighted by Gasteiger charge is -2.17. The highest BCUT2D eigenvalue weighted by Gasteiger charge is 2.37. The molecule has 1 aromatic carbocycles. The van der Waals surface area contributed by atoms with Gasteiger partial charge >= 0.3 is 5.97 Å². The van der Waals surface area contributed by atoms with Gasteiger partial charge in [0.1, 0.15) is 5.75 Å². The number of carbonyl (C=O) groups is 2. The lowest BCUT2D eigenvalue weighted by Crippen LogP contribution is -2.30. The zero-order valence-electron chi connectivity index (χ0n) is 11.6. The minimum Gasteiger partial charge on any atom is -0.495 e. The van der Waals surface area contributed by atoms with Gasteiger partial charge in [0.25, 0.3) is 0 Å². The second-order valence-electron chi connectivity index (χ2n) is 5.00. The standard InChI is InChI=1S/C15H16N2O4/c1-21-13-7-9(8-16)5-6-12(13)17-14(18)10-3-2-4-11(10)15(19)20/h5-7,10-11H,2-4H2,1H3,(H,17,18)(H,19,20). The molecule has 6 heteroatoms. The minimum atomic E-state index is -0.931. The molecule has 1 fully saturated rings. The third-order valence-corrected chi connectivity index (χ3v) is 3.76. The van der Waals surface area contributed by atoms with Gasteiger partial charge in [-0.2, -0.15) is 5.26 Å². The van der Waals surface area contributed by atoms with Crippen molar-refractivity contribution in [3.63, 3.8) is 0 Å². The first-order chi connectivity index (χ1) is 10.1. The van der Waals surface area contributed by atoms with E-state index in [1.807, 2.05) is 6.07 Å². The van der Waals surface area contributed by atoms with Crippen LogP contribution in [0.25, 0.3) is 0 Å². The zero-order chi connectivity index (χ0) is 15.4. The van der Waals surface area contributed by atoms with Crippen molar-refractivity contribution in [1.82, 2.24) is 0 Å². The summed E-state index contributed by atoms with van der Waals surface area (Å²) in [6, 6.07) is 6.67. The molecule has 110 valence electrons. The highest BCUT2D eigenvalue weighted by molar-refractivity contribution is 5.96. The number of anilines is 1. The largest absolute Gasteiger partial charge is 0.495 e.